The van der Waals surface area contributed by atoms with Crippen molar-refractivity contribution in [2.75, 3.05) is 18.0 Å². The molecule has 0 saturated carbocycles. The van der Waals surface area contributed by atoms with Crippen molar-refractivity contribution in [1.29, 1.82) is 0 Å². The molecule has 7 nitrogen and oxygen atoms in total. The highest BCUT2D eigenvalue weighted by molar-refractivity contribution is 7.13. The number of hydrogen-bond donors (Lipinski definition) is 0. The topological polar surface area (TPSA) is 77.1 Å². The summed E-state index contributed by atoms with van der Waals surface area (Å²) < 4.78 is 36.8. The van der Waals surface area contributed by atoms with Crippen LogP contribution in [0.25, 0.3) is 5.48 Å². The first kappa shape index (κ1) is 18.1. The maximum absolute atomic E-state index is 12.3. The van der Waals surface area contributed by atoms with E-state index in [4.69, 9.17) is 0 Å². The predicted octanol–water partition coefficient (Wildman–Crippen LogP) is 5.26. The monoisotopic (exact) mass is 359 g/mol. The molecule has 11 heteroatoms. The summed E-state index contributed by atoms with van der Waals surface area (Å²) in [7, 11) is 0. The standard InChI is InChI=1S/C13H14F3N6OS/c1-3-22(4-2)9-5-6-10(18-20-12-19-17-8-24-12)11(7-9)21-23-13(14,15)16/h5-8H,3-4H2,1-2H3/q-1. The molecular weight excluding hydrogens is 345 g/mol. The highest BCUT2D eigenvalue weighted by Crippen LogP contribution is 2.38. The summed E-state index contributed by atoms with van der Waals surface area (Å²) >= 11 is 1.15. The zero-order valence-electron chi connectivity index (χ0n) is 12.9. The lowest BCUT2D eigenvalue weighted by molar-refractivity contribution is -0.303. The molecule has 2 aromatic rings. The van der Waals surface area contributed by atoms with Gasteiger partial charge in [-0.2, -0.15) is 0 Å². The molecule has 0 aliphatic rings. The Bertz CT molecular complexity index is 673. The van der Waals surface area contributed by atoms with Crippen LogP contribution >= 0.6 is 11.3 Å². The van der Waals surface area contributed by atoms with E-state index in [1.807, 2.05) is 18.7 Å². The van der Waals surface area contributed by atoms with Gasteiger partial charge in [-0.3, -0.25) is 0 Å². The second kappa shape index (κ2) is 8.02. The van der Waals surface area contributed by atoms with Crippen molar-refractivity contribution < 1.29 is 18.0 Å². The lowest BCUT2D eigenvalue weighted by Gasteiger charge is -2.28. The van der Waals surface area contributed by atoms with E-state index in [-0.39, 0.29) is 16.5 Å². The van der Waals surface area contributed by atoms with Gasteiger partial charge in [0.25, 0.3) is 5.13 Å². The third-order valence-electron chi connectivity index (χ3n) is 2.93. The van der Waals surface area contributed by atoms with Crippen molar-refractivity contribution in [3.63, 3.8) is 0 Å². The van der Waals surface area contributed by atoms with Crippen LogP contribution in [0.15, 0.2) is 33.9 Å². The van der Waals surface area contributed by atoms with Crippen molar-refractivity contribution in [2.24, 2.45) is 10.2 Å². The summed E-state index contributed by atoms with van der Waals surface area (Å²) in [6.45, 7) is 5.27. The Hall–Kier alpha value is -2.27. The van der Waals surface area contributed by atoms with Crippen LogP contribution in [-0.4, -0.2) is 29.6 Å². The maximum Gasteiger partial charge on any atom is 0.509 e. The van der Waals surface area contributed by atoms with Crippen molar-refractivity contribution >= 4 is 33.5 Å². The van der Waals surface area contributed by atoms with Gasteiger partial charge in [-0.05, 0) is 32.0 Å². The van der Waals surface area contributed by atoms with E-state index in [9.17, 15) is 13.2 Å². The van der Waals surface area contributed by atoms with Crippen LogP contribution in [0.1, 0.15) is 13.8 Å². The van der Waals surface area contributed by atoms with Crippen LogP contribution in [-0.2, 0) is 4.84 Å². The molecular formula is C13H14F3N6OS-. The van der Waals surface area contributed by atoms with Crippen molar-refractivity contribution in [1.82, 2.24) is 10.2 Å². The fourth-order valence-corrected chi connectivity index (χ4v) is 2.23. The molecule has 0 aliphatic carbocycles. The number of halogens is 3. The van der Waals surface area contributed by atoms with Crippen LogP contribution in [0.5, 0.6) is 0 Å². The Kier molecular flexibility index (Phi) is 6.04. The van der Waals surface area contributed by atoms with Gasteiger partial charge in [0.05, 0.1) is 5.69 Å². The average molecular weight is 359 g/mol. The molecule has 0 unspecified atom stereocenters. The molecule has 0 radical (unpaired) electrons. The summed E-state index contributed by atoms with van der Waals surface area (Å²) in [4.78, 5) is 5.53. The quantitative estimate of drug-likeness (QED) is 0.499. The Morgan fingerprint density at radius 1 is 1.25 bits per heavy atom. The largest absolute Gasteiger partial charge is 0.553 e. The second-order valence-electron chi connectivity index (χ2n) is 4.39. The molecule has 1 heterocycles. The van der Waals surface area contributed by atoms with Crippen molar-refractivity contribution in [3.05, 3.63) is 29.2 Å². The maximum atomic E-state index is 12.3. The fraction of sp³-hybridized carbons (Fsp3) is 0.385. The molecule has 0 amide bonds. The zero-order chi connectivity index (χ0) is 17.6. The molecule has 0 aliphatic heterocycles. The third-order valence-corrected chi connectivity index (χ3v) is 3.50. The van der Waals surface area contributed by atoms with Crippen LogP contribution in [0.2, 0.25) is 0 Å². The highest BCUT2D eigenvalue weighted by atomic mass is 32.1. The van der Waals surface area contributed by atoms with Crippen LogP contribution < -0.4 is 4.90 Å². The van der Waals surface area contributed by atoms with Gasteiger partial charge in [-0.1, -0.05) is 17.0 Å². The van der Waals surface area contributed by atoms with E-state index in [1.54, 1.807) is 6.07 Å². The summed E-state index contributed by atoms with van der Waals surface area (Å²) in [5, 5.41) is 15.2. The number of alkyl halides is 3. The lowest BCUT2D eigenvalue weighted by Crippen LogP contribution is -2.21. The van der Waals surface area contributed by atoms with E-state index in [1.165, 1.54) is 17.6 Å². The number of benzene rings is 1. The fourth-order valence-electron chi connectivity index (χ4n) is 1.86. The van der Waals surface area contributed by atoms with Gasteiger partial charge < -0.3 is 15.2 Å². The molecule has 0 N–H and O–H groups in total. The molecule has 0 saturated heterocycles. The predicted molar refractivity (Wildman–Crippen MR) is 84.2 cm³/mol. The Labute approximate surface area is 140 Å². The Balaban J connectivity index is 2.30. The Morgan fingerprint density at radius 3 is 2.58 bits per heavy atom. The van der Waals surface area contributed by atoms with Crippen LogP contribution in [0, 0.1) is 0 Å². The van der Waals surface area contributed by atoms with Crippen LogP contribution in [0.3, 0.4) is 0 Å². The molecule has 0 bridgehead atoms. The Morgan fingerprint density at radius 2 is 2.00 bits per heavy atom. The van der Waals surface area contributed by atoms with Gasteiger partial charge in [-0.15, -0.1) is 33.6 Å². The highest BCUT2D eigenvalue weighted by Gasteiger charge is 2.24. The van der Waals surface area contributed by atoms with Gasteiger partial charge in [0, 0.05) is 18.8 Å². The number of rotatable bonds is 7. The minimum absolute atomic E-state index is 0.0787. The molecule has 130 valence electrons. The van der Waals surface area contributed by atoms with Gasteiger partial charge in [-0.25, -0.2) is 0 Å². The van der Waals surface area contributed by atoms with Crippen molar-refractivity contribution in [3.8, 4) is 0 Å². The summed E-state index contributed by atoms with van der Waals surface area (Å²) in [5.41, 5.74) is 5.38. The number of aromatic nitrogens is 2. The van der Waals surface area contributed by atoms with Crippen LogP contribution in [0.4, 0.5) is 35.4 Å². The molecule has 0 atom stereocenters. The van der Waals surface area contributed by atoms with Gasteiger partial charge in [0.2, 0.25) is 0 Å². The SMILES string of the molecule is CCN(CC)c1ccc(N=Nc2nncs2)c([N-]OC(F)(F)F)c1. The molecule has 24 heavy (non-hydrogen) atoms. The third kappa shape index (κ3) is 5.13. The smallest absolute Gasteiger partial charge is 0.509 e. The first-order valence-corrected chi connectivity index (χ1v) is 7.83. The van der Waals surface area contributed by atoms with Gasteiger partial charge in [0.1, 0.15) is 5.51 Å². The van der Waals surface area contributed by atoms with Crippen molar-refractivity contribution in [2.45, 2.75) is 20.2 Å². The molecule has 2 rings (SSSR count). The number of azo groups is 1. The molecule has 1 aromatic carbocycles. The normalized spacial score (nSPS) is 11.9. The minimum Gasteiger partial charge on any atom is -0.553 e. The molecule has 1 aromatic heterocycles. The van der Waals surface area contributed by atoms with E-state index in [2.05, 4.69) is 30.7 Å². The van der Waals surface area contributed by atoms with E-state index in [0.29, 0.717) is 18.8 Å². The molecule has 0 spiro atoms. The van der Waals surface area contributed by atoms with E-state index >= 15 is 0 Å². The first-order chi connectivity index (χ1) is 11.4. The average Bonchev–Trinajstić information content (AvgIpc) is 3.05. The molecule has 0 fully saturated rings. The summed E-state index contributed by atoms with van der Waals surface area (Å²) in [6, 6.07) is 4.72. The van der Waals surface area contributed by atoms with Gasteiger partial charge in [0.15, 0.2) is 0 Å². The van der Waals surface area contributed by atoms with E-state index in [0.717, 1.165) is 11.3 Å². The number of anilines is 1. The second-order valence-corrected chi connectivity index (χ2v) is 5.21. The number of nitrogens with zero attached hydrogens (tertiary/aromatic N) is 6. The zero-order valence-corrected chi connectivity index (χ0v) is 13.7. The van der Waals surface area contributed by atoms with Gasteiger partial charge >= 0.3 is 6.36 Å². The number of hydrogen-bond acceptors (Lipinski definition) is 7. The van der Waals surface area contributed by atoms with E-state index < -0.39 is 6.36 Å². The first-order valence-electron chi connectivity index (χ1n) is 6.95. The minimum atomic E-state index is -4.88. The summed E-state index contributed by atoms with van der Waals surface area (Å²) in [5.74, 6) is 0. The lowest BCUT2D eigenvalue weighted by atomic mass is 10.2. The summed E-state index contributed by atoms with van der Waals surface area (Å²) in [6.07, 6.45) is -4.88.